The maximum atomic E-state index is 11.9. The van der Waals surface area contributed by atoms with Crippen LogP contribution in [-0.2, 0) is 4.79 Å². The smallest absolute Gasteiger partial charge is 0.223 e. The minimum Gasteiger partial charge on any atom is -0.390 e. The standard InChI is InChI=1S/C14H27NO2/c1-4-11-5-7-12(8-6-11)13(16)15-10-9-14(2,3)17/h11-12,17H,4-10H2,1-3H3,(H,15,16). The van der Waals surface area contributed by atoms with Gasteiger partial charge in [0.15, 0.2) is 0 Å². The second kappa shape index (κ2) is 6.39. The van der Waals surface area contributed by atoms with Crippen LogP contribution in [0, 0.1) is 11.8 Å². The first-order chi connectivity index (χ1) is 7.92. The Kier molecular flexibility index (Phi) is 5.44. The molecule has 0 saturated heterocycles. The van der Waals surface area contributed by atoms with Crippen molar-refractivity contribution < 1.29 is 9.90 Å². The molecule has 0 spiro atoms. The third kappa shape index (κ3) is 5.53. The van der Waals surface area contributed by atoms with Crippen LogP contribution in [0.3, 0.4) is 0 Å². The minimum atomic E-state index is -0.687. The Balaban J connectivity index is 2.21. The molecule has 1 aliphatic rings. The monoisotopic (exact) mass is 241 g/mol. The van der Waals surface area contributed by atoms with Gasteiger partial charge in [0.25, 0.3) is 0 Å². The van der Waals surface area contributed by atoms with E-state index in [-0.39, 0.29) is 11.8 Å². The van der Waals surface area contributed by atoms with E-state index in [1.165, 1.54) is 19.3 Å². The fourth-order valence-electron chi connectivity index (χ4n) is 2.47. The van der Waals surface area contributed by atoms with E-state index in [0.29, 0.717) is 13.0 Å². The van der Waals surface area contributed by atoms with Gasteiger partial charge in [0.05, 0.1) is 5.60 Å². The van der Waals surface area contributed by atoms with E-state index in [2.05, 4.69) is 12.2 Å². The quantitative estimate of drug-likeness (QED) is 0.777. The highest BCUT2D eigenvalue weighted by atomic mass is 16.3. The van der Waals surface area contributed by atoms with Gasteiger partial charge in [-0.15, -0.1) is 0 Å². The van der Waals surface area contributed by atoms with Crippen molar-refractivity contribution in [1.29, 1.82) is 0 Å². The van der Waals surface area contributed by atoms with Crippen molar-refractivity contribution in [3.63, 3.8) is 0 Å². The first-order valence-electron chi connectivity index (χ1n) is 6.92. The van der Waals surface area contributed by atoms with Gasteiger partial charge >= 0.3 is 0 Å². The minimum absolute atomic E-state index is 0.184. The fraction of sp³-hybridized carbons (Fsp3) is 0.929. The second-order valence-electron chi connectivity index (χ2n) is 5.98. The molecule has 0 radical (unpaired) electrons. The Morgan fingerprint density at radius 1 is 1.29 bits per heavy atom. The zero-order chi connectivity index (χ0) is 12.9. The summed E-state index contributed by atoms with van der Waals surface area (Å²) < 4.78 is 0. The Hall–Kier alpha value is -0.570. The number of carbonyl (C=O) groups excluding carboxylic acids is 1. The van der Waals surface area contributed by atoms with Crippen LogP contribution in [0.4, 0.5) is 0 Å². The molecule has 0 bridgehead atoms. The molecule has 1 saturated carbocycles. The van der Waals surface area contributed by atoms with Gasteiger partial charge in [-0.1, -0.05) is 13.3 Å². The van der Waals surface area contributed by atoms with Crippen LogP contribution in [0.25, 0.3) is 0 Å². The van der Waals surface area contributed by atoms with Crippen LogP contribution in [-0.4, -0.2) is 23.2 Å². The third-order valence-corrected chi connectivity index (χ3v) is 3.83. The fourth-order valence-corrected chi connectivity index (χ4v) is 2.47. The predicted molar refractivity (Wildman–Crippen MR) is 69.7 cm³/mol. The number of rotatable bonds is 5. The summed E-state index contributed by atoms with van der Waals surface area (Å²) in [6, 6.07) is 0. The van der Waals surface area contributed by atoms with E-state index in [0.717, 1.165) is 18.8 Å². The normalized spacial score (nSPS) is 25.6. The van der Waals surface area contributed by atoms with Gasteiger partial charge in [-0.05, 0) is 51.9 Å². The lowest BCUT2D eigenvalue weighted by molar-refractivity contribution is -0.126. The molecule has 2 N–H and O–H groups in total. The molecule has 0 aromatic heterocycles. The van der Waals surface area contributed by atoms with E-state index >= 15 is 0 Å². The highest BCUT2D eigenvalue weighted by Gasteiger charge is 2.25. The van der Waals surface area contributed by atoms with E-state index in [4.69, 9.17) is 0 Å². The summed E-state index contributed by atoms with van der Waals surface area (Å²) in [5.41, 5.74) is -0.687. The molecule has 100 valence electrons. The number of amides is 1. The zero-order valence-corrected chi connectivity index (χ0v) is 11.5. The molecule has 0 aliphatic heterocycles. The van der Waals surface area contributed by atoms with Crippen LogP contribution in [0.5, 0.6) is 0 Å². The Morgan fingerprint density at radius 2 is 1.88 bits per heavy atom. The molecule has 1 rings (SSSR count). The Labute approximate surface area is 105 Å². The lowest BCUT2D eigenvalue weighted by atomic mass is 9.80. The van der Waals surface area contributed by atoms with Crippen LogP contribution in [0.2, 0.25) is 0 Å². The van der Waals surface area contributed by atoms with Gasteiger partial charge in [0.2, 0.25) is 5.91 Å². The largest absolute Gasteiger partial charge is 0.390 e. The SMILES string of the molecule is CCC1CCC(C(=O)NCCC(C)(C)O)CC1. The van der Waals surface area contributed by atoms with Crippen molar-refractivity contribution in [3.05, 3.63) is 0 Å². The van der Waals surface area contributed by atoms with E-state index in [1.807, 2.05) is 0 Å². The highest BCUT2D eigenvalue weighted by Crippen LogP contribution is 2.30. The molecule has 17 heavy (non-hydrogen) atoms. The maximum Gasteiger partial charge on any atom is 0.223 e. The lowest BCUT2D eigenvalue weighted by Crippen LogP contribution is -2.36. The van der Waals surface area contributed by atoms with Gasteiger partial charge in [0.1, 0.15) is 0 Å². The van der Waals surface area contributed by atoms with Gasteiger partial charge in [-0.25, -0.2) is 0 Å². The number of hydrogen-bond acceptors (Lipinski definition) is 2. The number of carbonyl (C=O) groups is 1. The van der Waals surface area contributed by atoms with E-state index in [1.54, 1.807) is 13.8 Å². The molecule has 0 aromatic rings. The van der Waals surface area contributed by atoms with E-state index < -0.39 is 5.60 Å². The number of nitrogens with one attached hydrogen (secondary N) is 1. The molecule has 1 fully saturated rings. The van der Waals surface area contributed by atoms with Crippen LogP contribution in [0.1, 0.15) is 59.3 Å². The molecular weight excluding hydrogens is 214 g/mol. The van der Waals surface area contributed by atoms with Crippen LogP contribution in [0.15, 0.2) is 0 Å². The van der Waals surface area contributed by atoms with Gasteiger partial charge in [-0.2, -0.15) is 0 Å². The van der Waals surface area contributed by atoms with Gasteiger partial charge in [-0.3, -0.25) is 4.79 Å². The Morgan fingerprint density at radius 3 is 2.35 bits per heavy atom. The summed E-state index contributed by atoms with van der Waals surface area (Å²) in [6.45, 7) is 6.35. The third-order valence-electron chi connectivity index (χ3n) is 3.83. The molecule has 0 atom stereocenters. The molecule has 0 aromatic carbocycles. The second-order valence-corrected chi connectivity index (χ2v) is 5.98. The molecule has 1 amide bonds. The molecule has 1 aliphatic carbocycles. The molecule has 3 nitrogen and oxygen atoms in total. The van der Waals surface area contributed by atoms with E-state index in [9.17, 15) is 9.90 Å². The first-order valence-corrected chi connectivity index (χ1v) is 6.92. The maximum absolute atomic E-state index is 11.9. The zero-order valence-electron chi connectivity index (χ0n) is 11.5. The van der Waals surface area contributed by atoms with Crippen LogP contribution < -0.4 is 5.32 Å². The van der Waals surface area contributed by atoms with Gasteiger partial charge in [0, 0.05) is 12.5 Å². The molecule has 3 heteroatoms. The lowest BCUT2D eigenvalue weighted by Gasteiger charge is -2.27. The predicted octanol–water partition coefficient (Wildman–Crippen LogP) is 2.48. The average molecular weight is 241 g/mol. The number of aliphatic hydroxyl groups is 1. The van der Waals surface area contributed by atoms with Crippen molar-refractivity contribution in [2.24, 2.45) is 11.8 Å². The Bertz CT molecular complexity index is 237. The summed E-state index contributed by atoms with van der Waals surface area (Å²) in [4.78, 5) is 11.9. The summed E-state index contributed by atoms with van der Waals surface area (Å²) >= 11 is 0. The topological polar surface area (TPSA) is 49.3 Å². The average Bonchev–Trinajstić information content (AvgIpc) is 2.27. The van der Waals surface area contributed by atoms with Crippen molar-refractivity contribution in [3.8, 4) is 0 Å². The highest BCUT2D eigenvalue weighted by molar-refractivity contribution is 5.78. The van der Waals surface area contributed by atoms with Crippen molar-refractivity contribution >= 4 is 5.91 Å². The van der Waals surface area contributed by atoms with Gasteiger partial charge < -0.3 is 10.4 Å². The first kappa shape index (κ1) is 14.5. The summed E-state index contributed by atoms with van der Waals surface area (Å²) in [7, 11) is 0. The summed E-state index contributed by atoms with van der Waals surface area (Å²) in [5, 5.41) is 12.5. The summed E-state index contributed by atoms with van der Waals surface area (Å²) in [6.07, 6.45) is 6.32. The molecule has 0 heterocycles. The van der Waals surface area contributed by atoms with Crippen molar-refractivity contribution in [1.82, 2.24) is 5.32 Å². The van der Waals surface area contributed by atoms with Crippen molar-refractivity contribution in [2.75, 3.05) is 6.54 Å². The van der Waals surface area contributed by atoms with Crippen molar-refractivity contribution in [2.45, 2.75) is 64.9 Å². The molecule has 0 unspecified atom stereocenters. The van der Waals surface area contributed by atoms with Crippen LogP contribution >= 0.6 is 0 Å². The number of hydrogen-bond donors (Lipinski definition) is 2. The summed E-state index contributed by atoms with van der Waals surface area (Å²) in [5.74, 6) is 1.22. The molecular formula is C14H27NO2.